The normalized spacial score (nSPS) is 14.5. The fourth-order valence-electron chi connectivity index (χ4n) is 11.5. The van der Waals surface area contributed by atoms with Crippen LogP contribution in [0.15, 0.2) is 271 Å². The molecule has 10 aromatic carbocycles. The molecule has 2 aromatic heterocycles. The quantitative estimate of drug-likeness (QED) is 0.0388. The monoisotopic (exact) mass is 1690 g/mol. The fraction of sp³-hybridized carbons (Fsp3) is 0.153. The van der Waals surface area contributed by atoms with E-state index in [1.54, 1.807) is 91.2 Å². The summed E-state index contributed by atoms with van der Waals surface area (Å²) in [7, 11) is 17.6. The smallest absolute Gasteiger partial charge is 0.0134 e. The molecule has 24 heteroatoms. The van der Waals surface area contributed by atoms with Crippen molar-refractivity contribution in [2.45, 2.75) is 31.5 Å². The second-order valence-electron chi connectivity index (χ2n) is 24.0. The number of carbonyl (C=O) groups is 6. The number of nitrogens with one attached hydrogen (secondary N) is 2. The second kappa shape index (κ2) is 40.7. The maximum atomic E-state index is 12.3. The average Bonchev–Trinajstić information content (AvgIpc) is 1.61. The van der Waals surface area contributed by atoms with E-state index in [2.05, 4.69) is 237 Å². The fourth-order valence-corrected chi connectivity index (χ4v) is 16.5. The maximum Gasteiger partial charge on any atom is -0.0134 e. The summed E-state index contributed by atoms with van der Waals surface area (Å²) in [6.45, 7) is 0.983. The van der Waals surface area contributed by atoms with Crippen LogP contribution in [0.4, 0.5) is 0 Å². The number of ether oxygens (including phenoxy) is 2. The molecule has 0 radical (unpaired) electrons. The molecular formula is C85H79BrCl2N8O10P2Pd. The van der Waals surface area contributed by atoms with Crippen LogP contribution in [0.3, 0.4) is 0 Å². The predicted molar refractivity (Wildman–Crippen MR) is 438 cm³/mol. The third-order valence-corrected chi connectivity index (χ3v) is 22.4. The molecular weight excluding hydrogens is 1610 g/mol. The topological polar surface area (TPSA) is 228 Å². The number of benzene rings is 10. The number of likely N-dealkylation sites (tertiary alicyclic amines) is 2. The van der Waals surface area contributed by atoms with Gasteiger partial charge in [-0.15, -0.1) is 6.42 Å². The number of fused-ring (bicyclic) bond motifs is 2. The Bertz CT molecular complexity index is 4910. The van der Waals surface area contributed by atoms with Crippen molar-refractivity contribution in [3.05, 3.63) is 299 Å². The number of likely N-dealkylation sites (N-methyl/N-ethyl adjacent to an activating group) is 2. The van der Waals surface area contributed by atoms with E-state index >= 15 is 0 Å². The summed E-state index contributed by atoms with van der Waals surface area (Å²) >= 11 is 3.32. The number of hydrogen-bond acceptors (Lipinski definition) is 12. The predicted octanol–water partition coefficient (Wildman–Crippen LogP) is 12.2. The molecule has 0 unspecified atom stereocenters. The number of methoxy groups -OCH3 is 2. The molecule has 4 amide bonds. The molecule has 109 heavy (non-hydrogen) atoms. The largest absolute Gasteiger partial charge is 0.0622 e. The Hall–Kier alpha value is -10.4. The van der Waals surface area contributed by atoms with Gasteiger partial charge in [-0.25, -0.2) is 19.0 Å². The van der Waals surface area contributed by atoms with Crippen molar-refractivity contribution in [1.82, 2.24) is 40.0 Å². The number of carbonyl (C=O) groups excluding carboxylic acids is 6. The van der Waals surface area contributed by atoms with E-state index in [0.29, 0.717) is 63.7 Å². The number of nitrogens with zero attached hydrogens (tertiary/aromatic N) is 6. The van der Waals surface area contributed by atoms with Crippen LogP contribution < -0.4 is 42.5 Å². The van der Waals surface area contributed by atoms with Crippen molar-refractivity contribution in [2.24, 2.45) is 0 Å². The molecule has 2 aliphatic heterocycles. The number of amides is 4. The van der Waals surface area contributed by atoms with Gasteiger partial charge in [0, 0.05) is 86.1 Å². The van der Waals surface area contributed by atoms with Crippen LogP contribution in [0.1, 0.15) is 67.5 Å². The standard InChI is InChI=1S/C24H22N4O5.2C18H15P.C17H14BrN3O3.C7H9NO2.CH4.2ClH.Pd/c1-25-21(29)16-7-8-19-18(14-16)20(22(30)33-3)26-28(19)17-6-4-5-15(13-17)9-10-24(32)11-12-27(2)23(24)31;2*1-4-10-16(11-5-1)19(17-12-6-2-7-13-17)18-14-8-3-9-15-18;1-19-16(22)10-6-7-14-13(8-10)15(17(23)24-2)20-21(14)12-5-3-4-11(18)9-12;1-3-7(10)4-5-8(2)6(7)9;;;;/h4-8,13-14,32H,11-12H2,1-3H3,(H,25,29);2*1-15H;3-9H,1-2H3,(H,19,22);1,10H,4-5H2,2H3;1H4;2*1H;/q;;;;;;;;+2/p-2/t24-;;;;7-;;;;/m0...0..../s1. The molecule has 0 saturated carbocycles. The van der Waals surface area contributed by atoms with E-state index in [1.807, 2.05) is 24.3 Å². The van der Waals surface area contributed by atoms with Crippen LogP contribution in [0.2, 0.25) is 0 Å². The van der Waals surface area contributed by atoms with Gasteiger partial charge in [0.15, 0.2) is 11.4 Å². The molecule has 4 heterocycles. The van der Waals surface area contributed by atoms with Crippen LogP contribution in [-0.2, 0) is 35.0 Å². The van der Waals surface area contributed by atoms with Crippen LogP contribution >= 0.6 is 50.8 Å². The maximum absolute atomic E-state index is 12.3. The van der Waals surface area contributed by atoms with Gasteiger partial charge in [-0.2, -0.15) is 10.2 Å². The molecule has 2 fully saturated rings. The van der Waals surface area contributed by atoms with Crippen LogP contribution in [0.5, 0.6) is 0 Å². The molecule has 2 aliphatic rings. The minimum Gasteiger partial charge on any atom is -0.0622 e. The van der Waals surface area contributed by atoms with Crippen molar-refractivity contribution >= 4 is 140 Å². The van der Waals surface area contributed by atoms with E-state index in [1.165, 1.54) is 62.9 Å². The van der Waals surface area contributed by atoms with Crippen molar-refractivity contribution in [3.63, 3.8) is 0 Å². The number of aliphatic hydroxyl groups is 2. The third kappa shape index (κ3) is 21.3. The van der Waals surface area contributed by atoms with Crippen molar-refractivity contribution < 1.29 is 64.4 Å². The molecule has 18 nitrogen and oxygen atoms in total. The first-order valence-electron chi connectivity index (χ1n) is 33.5. The van der Waals surface area contributed by atoms with Gasteiger partial charge in [0.2, 0.25) is 11.2 Å². The van der Waals surface area contributed by atoms with Crippen LogP contribution in [0.25, 0.3) is 33.2 Å². The molecule has 12 aromatic rings. The van der Waals surface area contributed by atoms with E-state index < -0.39 is 44.9 Å². The zero-order chi connectivity index (χ0) is 77.3. The summed E-state index contributed by atoms with van der Waals surface area (Å²) in [5.74, 6) is 5.17. The minimum atomic E-state index is -1.70. The van der Waals surface area contributed by atoms with Gasteiger partial charge in [0.25, 0.3) is 23.6 Å². The summed E-state index contributed by atoms with van der Waals surface area (Å²) in [4.78, 5) is 74.4. The molecule has 560 valence electrons. The zero-order valence-electron chi connectivity index (χ0n) is 59.5. The van der Waals surface area contributed by atoms with E-state index in [0.717, 1.165) is 10.2 Å². The third-order valence-electron chi connectivity index (χ3n) is 17.0. The molecule has 4 N–H and O–H groups in total. The van der Waals surface area contributed by atoms with E-state index in [9.17, 15) is 39.0 Å². The van der Waals surface area contributed by atoms with Gasteiger partial charge in [0.05, 0.1) is 36.6 Å². The van der Waals surface area contributed by atoms with Gasteiger partial charge in [0.1, 0.15) is 0 Å². The van der Waals surface area contributed by atoms with Gasteiger partial charge in [-0.1, -0.05) is 235 Å². The first kappa shape index (κ1) is 84.2. The molecule has 0 spiro atoms. The van der Waals surface area contributed by atoms with E-state index in [4.69, 9.17) is 35.0 Å². The summed E-state index contributed by atoms with van der Waals surface area (Å²) in [5, 5.41) is 43.2. The Kier molecular flexibility index (Phi) is 31.4. The molecule has 0 aliphatic carbocycles. The number of halogens is 3. The Morgan fingerprint density at radius 3 is 1.13 bits per heavy atom. The van der Waals surface area contributed by atoms with Gasteiger partial charge in [-0.05, 0) is 120 Å². The first-order chi connectivity index (χ1) is 52.2. The van der Waals surface area contributed by atoms with Crippen LogP contribution in [0, 0.1) is 24.2 Å². The molecule has 2 atom stereocenters. The number of aromatic nitrogens is 4. The summed E-state index contributed by atoms with van der Waals surface area (Å²) in [5.41, 5.74) is 1.12. The second-order valence-corrected chi connectivity index (χ2v) is 31.7. The summed E-state index contributed by atoms with van der Waals surface area (Å²) < 4.78 is 13.8. The van der Waals surface area contributed by atoms with Gasteiger partial charge in [-0.3, -0.25) is 19.2 Å². The average molecular weight is 1690 g/mol. The zero-order valence-corrected chi connectivity index (χ0v) is 65.9. The van der Waals surface area contributed by atoms with Crippen LogP contribution in [-0.4, -0.2) is 142 Å². The minimum absolute atomic E-state index is 0. The Morgan fingerprint density at radius 2 is 0.835 bits per heavy atom. The van der Waals surface area contributed by atoms with Crippen molar-refractivity contribution in [2.75, 3.05) is 55.5 Å². The Morgan fingerprint density at radius 1 is 0.505 bits per heavy atom. The van der Waals surface area contributed by atoms with E-state index in [-0.39, 0.29) is 58.9 Å². The number of terminal acetylenes is 1. The first-order valence-corrected chi connectivity index (χ1v) is 40.9. The SMILES string of the molecule is C.C#C[C@]1(O)CCN(C)C1=O.CNC(=O)c1ccc2c(c1)c(C(=O)OC)nn2-c1cccc(Br)c1.CNC(=O)c1ccc2c(c1)c(C(=O)OC)nn2-c1cccc(C#C[C@]2(O)CCN(C)C2=O)c1.[Cl][Pd][Cl].c1ccc(P(c2ccccc2)c2ccccc2)cc1.c1ccc(P(c2ccccc2)c2ccccc2)cc1. The number of rotatable bonds is 12. The molecule has 14 rings (SSSR count). The van der Waals surface area contributed by atoms with Crippen molar-refractivity contribution in [1.29, 1.82) is 0 Å². The van der Waals surface area contributed by atoms with Gasteiger partial charge < -0.3 is 40.1 Å². The summed E-state index contributed by atoms with van der Waals surface area (Å²) in [6, 6.07) is 89.3. The Balaban J connectivity index is 0.000000176. The number of hydrogen-bond donors (Lipinski definition) is 4. The molecule has 2 saturated heterocycles. The van der Waals surface area contributed by atoms with Gasteiger partial charge >= 0.3 is 46.9 Å². The summed E-state index contributed by atoms with van der Waals surface area (Å²) in [6.07, 6.45) is 5.56. The molecule has 0 bridgehead atoms. The number of esters is 2. The Labute approximate surface area is 661 Å². The van der Waals surface area contributed by atoms with Crippen molar-refractivity contribution in [3.8, 4) is 35.6 Å².